The molecule has 0 spiro atoms. The molecule has 0 N–H and O–H groups in total. The predicted molar refractivity (Wildman–Crippen MR) is 85.5 cm³/mol. The van der Waals surface area contributed by atoms with Crippen molar-refractivity contribution in [2.75, 3.05) is 19.8 Å². The SMILES string of the molecule is Cc1cc(OCCC(C)C)n2nc(C3CCOCC3)cc2n1. The molecule has 0 aromatic carbocycles. The lowest BCUT2D eigenvalue weighted by atomic mass is 9.97. The average Bonchev–Trinajstić information content (AvgIpc) is 2.91. The zero-order chi connectivity index (χ0) is 15.5. The maximum atomic E-state index is 5.95. The zero-order valence-electron chi connectivity index (χ0n) is 13.7. The van der Waals surface area contributed by atoms with E-state index in [1.54, 1.807) is 0 Å². The largest absolute Gasteiger partial charge is 0.478 e. The van der Waals surface area contributed by atoms with Crippen LogP contribution in [0.15, 0.2) is 12.1 Å². The fourth-order valence-electron chi connectivity index (χ4n) is 2.78. The summed E-state index contributed by atoms with van der Waals surface area (Å²) in [6, 6.07) is 4.06. The Labute approximate surface area is 131 Å². The number of ether oxygens (including phenoxy) is 2. The highest BCUT2D eigenvalue weighted by Crippen LogP contribution is 2.27. The van der Waals surface area contributed by atoms with Crippen molar-refractivity contribution >= 4 is 5.65 Å². The van der Waals surface area contributed by atoms with Crippen LogP contribution < -0.4 is 4.74 Å². The van der Waals surface area contributed by atoms with Gasteiger partial charge in [0.25, 0.3) is 0 Å². The molecule has 120 valence electrons. The first-order valence-corrected chi connectivity index (χ1v) is 8.21. The molecule has 0 unspecified atom stereocenters. The molecule has 2 aromatic rings. The molecular weight excluding hydrogens is 278 g/mol. The van der Waals surface area contributed by atoms with Gasteiger partial charge < -0.3 is 9.47 Å². The number of aromatic nitrogens is 3. The molecule has 0 amide bonds. The molecule has 5 nitrogen and oxygen atoms in total. The molecule has 1 saturated heterocycles. The van der Waals surface area contributed by atoms with Crippen molar-refractivity contribution in [2.45, 2.75) is 46.0 Å². The summed E-state index contributed by atoms with van der Waals surface area (Å²) in [7, 11) is 0. The maximum absolute atomic E-state index is 5.95. The molecule has 0 bridgehead atoms. The van der Waals surface area contributed by atoms with Crippen LogP contribution in [-0.2, 0) is 4.74 Å². The van der Waals surface area contributed by atoms with Crippen LogP contribution in [0.5, 0.6) is 5.88 Å². The minimum absolute atomic E-state index is 0.472. The Balaban J connectivity index is 1.85. The molecule has 1 aliphatic heterocycles. The first-order chi connectivity index (χ1) is 10.6. The van der Waals surface area contributed by atoms with Crippen molar-refractivity contribution in [1.82, 2.24) is 14.6 Å². The summed E-state index contributed by atoms with van der Waals surface area (Å²) in [5.41, 5.74) is 2.95. The van der Waals surface area contributed by atoms with Crippen LogP contribution in [0.4, 0.5) is 0 Å². The number of rotatable bonds is 5. The summed E-state index contributed by atoms with van der Waals surface area (Å²) in [5, 5.41) is 4.75. The van der Waals surface area contributed by atoms with Gasteiger partial charge in [-0.2, -0.15) is 9.61 Å². The number of nitrogens with zero attached hydrogens (tertiary/aromatic N) is 3. The Bertz CT molecular complexity index is 630. The molecule has 2 aromatic heterocycles. The first-order valence-electron chi connectivity index (χ1n) is 8.21. The van der Waals surface area contributed by atoms with E-state index in [-0.39, 0.29) is 0 Å². The van der Waals surface area contributed by atoms with E-state index in [4.69, 9.17) is 14.6 Å². The van der Waals surface area contributed by atoms with Crippen molar-refractivity contribution in [2.24, 2.45) is 5.92 Å². The average molecular weight is 303 g/mol. The normalized spacial score (nSPS) is 16.5. The maximum Gasteiger partial charge on any atom is 0.218 e. The molecular formula is C17H25N3O2. The third-order valence-corrected chi connectivity index (χ3v) is 4.13. The van der Waals surface area contributed by atoms with E-state index in [0.717, 1.165) is 55.4 Å². The van der Waals surface area contributed by atoms with Gasteiger partial charge in [0.05, 0.1) is 12.3 Å². The van der Waals surface area contributed by atoms with E-state index >= 15 is 0 Å². The van der Waals surface area contributed by atoms with E-state index in [9.17, 15) is 0 Å². The standard InChI is InChI=1S/C17H25N3O2/c1-12(2)4-9-22-17-10-13(3)18-16-11-15(19-20(16)17)14-5-7-21-8-6-14/h10-12,14H,4-9H2,1-3H3. The summed E-state index contributed by atoms with van der Waals surface area (Å²) in [6.45, 7) is 8.76. The Hall–Kier alpha value is -1.62. The lowest BCUT2D eigenvalue weighted by molar-refractivity contribution is 0.0844. The molecule has 3 heterocycles. The van der Waals surface area contributed by atoms with E-state index < -0.39 is 0 Å². The van der Waals surface area contributed by atoms with Gasteiger partial charge in [0.15, 0.2) is 5.65 Å². The van der Waals surface area contributed by atoms with Gasteiger partial charge in [-0.05, 0) is 32.1 Å². The number of hydrogen-bond donors (Lipinski definition) is 0. The summed E-state index contributed by atoms with van der Waals surface area (Å²) < 4.78 is 13.2. The first kappa shape index (κ1) is 15.3. The van der Waals surface area contributed by atoms with Gasteiger partial charge in [0.2, 0.25) is 5.88 Å². The smallest absolute Gasteiger partial charge is 0.218 e. The molecule has 0 saturated carbocycles. The molecule has 0 radical (unpaired) electrons. The van der Waals surface area contributed by atoms with Gasteiger partial charge in [0, 0.05) is 37.0 Å². The number of hydrogen-bond acceptors (Lipinski definition) is 4. The number of fused-ring (bicyclic) bond motifs is 1. The molecule has 1 aliphatic rings. The highest BCUT2D eigenvalue weighted by molar-refractivity contribution is 5.44. The molecule has 5 heteroatoms. The van der Waals surface area contributed by atoms with Gasteiger partial charge in [-0.1, -0.05) is 13.8 Å². The van der Waals surface area contributed by atoms with Crippen LogP contribution in [0.2, 0.25) is 0 Å². The van der Waals surface area contributed by atoms with Crippen molar-refractivity contribution in [1.29, 1.82) is 0 Å². The fraction of sp³-hybridized carbons (Fsp3) is 0.647. The highest BCUT2D eigenvalue weighted by atomic mass is 16.5. The van der Waals surface area contributed by atoms with Gasteiger partial charge >= 0.3 is 0 Å². The zero-order valence-corrected chi connectivity index (χ0v) is 13.7. The fourth-order valence-corrected chi connectivity index (χ4v) is 2.78. The molecule has 0 atom stereocenters. The van der Waals surface area contributed by atoms with Crippen molar-refractivity contribution in [3.8, 4) is 5.88 Å². The quantitative estimate of drug-likeness (QED) is 0.850. The topological polar surface area (TPSA) is 48.7 Å². The Morgan fingerprint density at radius 3 is 2.82 bits per heavy atom. The Kier molecular flexibility index (Phi) is 4.62. The second-order valence-electron chi connectivity index (χ2n) is 6.49. The second kappa shape index (κ2) is 6.65. The van der Waals surface area contributed by atoms with Crippen LogP contribution in [0.1, 0.15) is 50.4 Å². The van der Waals surface area contributed by atoms with E-state index in [1.807, 2.05) is 17.5 Å². The molecule has 0 aliphatic carbocycles. The number of aryl methyl sites for hydroxylation is 1. The van der Waals surface area contributed by atoms with Crippen LogP contribution >= 0.6 is 0 Å². The predicted octanol–water partition coefficient (Wildman–Crippen LogP) is 3.36. The summed E-state index contributed by atoms with van der Waals surface area (Å²) in [4.78, 5) is 4.58. The van der Waals surface area contributed by atoms with Crippen LogP contribution in [0, 0.1) is 12.8 Å². The highest BCUT2D eigenvalue weighted by Gasteiger charge is 2.20. The minimum atomic E-state index is 0.472. The summed E-state index contributed by atoms with van der Waals surface area (Å²) in [5.74, 6) is 1.90. The third-order valence-electron chi connectivity index (χ3n) is 4.13. The second-order valence-corrected chi connectivity index (χ2v) is 6.49. The lowest BCUT2D eigenvalue weighted by Crippen LogP contribution is -2.14. The minimum Gasteiger partial charge on any atom is -0.478 e. The van der Waals surface area contributed by atoms with Gasteiger partial charge in [-0.15, -0.1) is 0 Å². The Morgan fingerprint density at radius 1 is 1.32 bits per heavy atom. The molecule has 1 fully saturated rings. The molecule has 22 heavy (non-hydrogen) atoms. The lowest BCUT2D eigenvalue weighted by Gasteiger charge is -2.19. The third kappa shape index (κ3) is 3.40. The van der Waals surface area contributed by atoms with Crippen molar-refractivity contribution in [3.05, 3.63) is 23.5 Å². The van der Waals surface area contributed by atoms with E-state index in [0.29, 0.717) is 18.4 Å². The summed E-state index contributed by atoms with van der Waals surface area (Å²) in [6.07, 6.45) is 3.11. The van der Waals surface area contributed by atoms with Crippen molar-refractivity contribution in [3.63, 3.8) is 0 Å². The van der Waals surface area contributed by atoms with Gasteiger partial charge in [-0.25, -0.2) is 4.98 Å². The van der Waals surface area contributed by atoms with Gasteiger partial charge in [-0.3, -0.25) is 0 Å². The van der Waals surface area contributed by atoms with Crippen molar-refractivity contribution < 1.29 is 9.47 Å². The van der Waals surface area contributed by atoms with Crippen LogP contribution in [-0.4, -0.2) is 34.4 Å². The van der Waals surface area contributed by atoms with E-state index in [2.05, 4.69) is 24.9 Å². The van der Waals surface area contributed by atoms with Crippen LogP contribution in [0.25, 0.3) is 5.65 Å². The summed E-state index contributed by atoms with van der Waals surface area (Å²) >= 11 is 0. The Morgan fingerprint density at radius 2 is 2.09 bits per heavy atom. The molecule has 3 rings (SSSR count). The van der Waals surface area contributed by atoms with E-state index in [1.165, 1.54) is 0 Å². The van der Waals surface area contributed by atoms with Gasteiger partial charge in [0.1, 0.15) is 0 Å². The van der Waals surface area contributed by atoms with Crippen LogP contribution in [0.3, 0.4) is 0 Å². The monoisotopic (exact) mass is 303 g/mol.